The van der Waals surface area contributed by atoms with Crippen molar-refractivity contribution in [3.8, 4) is 11.1 Å². The molecule has 0 saturated heterocycles. The first-order valence-electron chi connectivity index (χ1n) is 10.4. The van der Waals surface area contributed by atoms with Gasteiger partial charge in [-0.1, -0.05) is 60.7 Å². The third kappa shape index (κ3) is 5.27. The van der Waals surface area contributed by atoms with E-state index in [4.69, 9.17) is 11.6 Å². The molecular weight excluding hydrogens is 380 g/mol. The van der Waals surface area contributed by atoms with Crippen molar-refractivity contribution < 1.29 is 0 Å². The average Bonchev–Trinajstić information content (AvgIpc) is 2.75. The molecule has 3 aromatic rings. The number of hydrogen-bond acceptors (Lipinski definition) is 4. The molecule has 5 heteroatoms. The summed E-state index contributed by atoms with van der Waals surface area (Å²) < 4.78 is 0. The fraction of sp³-hybridized carbons (Fsp3) is 0.333. The van der Waals surface area contributed by atoms with Gasteiger partial charge in [0.05, 0.1) is 5.02 Å². The molecule has 150 valence electrons. The number of aromatic nitrogens is 2. The van der Waals surface area contributed by atoms with Crippen LogP contribution in [0.25, 0.3) is 11.1 Å². The molecule has 4 rings (SSSR count). The molecule has 2 N–H and O–H groups in total. The molecule has 0 unspecified atom stereocenters. The Morgan fingerprint density at radius 2 is 1.86 bits per heavy atom. The first-order valence-corrected chi connectivity index (χ1v) is 10.7. The summed E-state index contributed by atoms with van der Waals surface area (Å²) in [4.78, 5) is 8.95. The maximum atomic E-state index is 6.49. The van der Waals surface area contributed by atoms with Gasteiger partial charge < -0.3 is 10.6 Å². The van der Waals surface area contributed by atoms with Crippen LogP contribution in [0.4, 0.5) is 11.6 Å². The quantitative estimate of drug-likeness (QED) is 0.493. The van der Waals surface area contributed by atoms with E-state index in [0.29, 0.717) is 11.1 Å². The SMILES string of the molecule is Cc1cccc(CNc2cc(-c3cc(NC4CCCCC4)ncc3Cl)ccn2)c1. The minimum Gasteiger partial charge on any atom is -0.367 e. The fourth-order valence-corrected chi connectivity index (χ4v) is 4.12. The van der Waals surface area contributed by atoms with Crippen LogP contribution in [0.2, 0.25) is 5.02 Å². The topological polar surface area (TPSA) is 49.8 Å². The number of hydrogen-bond donors (Lipinski definition) is 2. The Balaban J connectivity index is 1.50. The highest BCUT2D eigenvalue weighted by molar-refractivity contribution is 6.33. The zero-order chi connectivity index (χ0) is 20.1. The molecular formula is C24H27ClN4. The molecule has 0 spiro atoms. The molecule has 0 radical (unpaired) electrons. The Morgan fingerprint density at radius 3 is 2.69 bits per heavy atom. The number of pyridine rings is 2. The van der Waals surface area contributed by atoms with Crippen molar-refractivity contribution in [1.29, 1.82) is 0 Å². The minimum atomic E-state index is 0.509. The van der Waals surface area contributed by atoms with Gasteiger partial charge in [-0.05, 0) is 49.1 Å². The van der Waals surface area contributed by atoms with Gasteiger partial charge in [0.1, 0.15) is 11.6 Å². The molecule has 1 saturated carbocycles. The van der Waals surface area contributed by atoms with E-state index in [0.717, 1.165) is 29.3 Å². The summed E-state index contributed by atoms with van der Waals surface area (Å²) in [5.41, 5.74) is 4.50. The summed E-state index contributed by atoms with van der Waals surface area (Å²) in [6.07, 6.45) is 9.90. The van der Waals surface area contributed by atoms with Crippen LogP contribution in [-0.4, -0.2) is 16.0 Å². The smallest absolute Gasteiger partial charge is 0.126 e. The van der Waals surface area contributed by atoms with Crippen LogP contribution >= 0.6 is 11.6 Å². The lowest BCUT2D eigenvalue weighted by atomic mass is 9.95. The minimum absolute atomic E-state index is 0.509. The predicted molar refractivity (Wildman–Crippen MR) is 121 cm³/mol. The summed E-state index contributed by atoms with van der Waals surface area (Å²) in [6, 6.07) is 15.1. The van der Waals surface area contributed by atoms with E-state index in [-0.39, 0.29) is 0 Å². The molecule has 4 nitrogen and oxygen atoms in total. The highest BCUT2D eigenvalue weighted by Gasteiger charge is 2.15. The summed E-state index contributed by atoms with van der Waals surface area (Å²) in [7, 11) is 0. The highest BCUT2D eigenvalue weighted by Crippen LogP contribution is 2.31. The Morgan fingerprint density at radius 1 is 1.00 bits per heavy atom. The van der Waals surface area contributed by atoms with E-state index in [1.165, 1.54) is 43.2 Å². The van der Waals surface area contributed by atoms with E-state index in [1.807, 2.05) is 18.3 Å². The Kier molecular flexibility index (Phi) is 6.30. The van der Waals surface area contributed by atoms with Crippen LogP contribution in [0.15, 0.2) is 54.9 Å². The molecule has 2 heterocycles. The molecule has 0 amide bonds. The predicted octanol–water partition coefficient (Wildman–Crippen LogP) is 6.46. The molecule has 0 bridgehead atoms. The largest absolute Gasteiger partial charge is 0.367 e. The van der Waals surface area contributed by atoms with Gasteiger partial charge in [0.15, 0.2) is 0 Å². The van der Waals surface area contributed by atoms with Gasteiger partial charge in [0.25, 0.3) is 0 Å². The standard InChI is InChI=1S/C24H27ClN4/c1-17-6-5-7-18(12-17)15-27-23-13-19(10-11-26-23)21-14-24(28-16-22(21)25)29-20-8-3-2-4-9-20/h5-7,10-14,16,20H,2-4,8-9,15H2,1H3,(H,26,27)(H,28,29). The van der Waals surface area contributed by atoms with E-state index in [2.05, 4.69) is 57.9 Å². The number of halogens is 1. The van der Waals surface area contributed by atoms with Crippen molar-refractivity contribution in [2.75, 3.05) is 10.6 Å². The lowest BCUT2D eigenvalue weighted by molar-refractivity contribution is 0.462. The van der Waals surface area contributed by atoms with Gasteiger partial charge in [-0.15, -0.1) is 0 Å². The summed E-state index contributed by atoms with van der Waals surface area (Å²) in [5, 5.41) is 7.64. The molecule has 0 atom stereocenters. The van der Waals surface area contributed by atoms with Crippen LogP contribution in [0, 0.1) is 6.92 Å². The van der Waals surface area contributed by atoms with Crippen molar-refractivity contribution in [3.05, 3.63) is 71.0 Å². The molecule has 1 aromatic carbocycles. The zero-order valence-corrected chi connectivity index (χ0v) is 17.5. The van der Waals surface area contributed by atoms with Gasteiger partial charge >= 0.3 is 0 Å². The lowest BCUT2D eigenvalue weighted by Crippen LogP contribution is -2.22. The van der Waals surface area contributed by atoms with Gasteiger partial charge in [-0.3, -0.25) is 0 Å². The Bertz CT molecular complexity index is 967. The number of rotatable bonds is 6. The van der Waals surface area contributed by atoms with Crippen molar-refractivity contribution in [3.63, 3.8) is 0 Å². The van der Waals surface area contributed by atoms with Gasteiger partial charge in [-0.2, -0.15) is 0 Å². The van der Waals surface area contributed by atoms with Crippen molar-refractivity contribution >= 4 is 23.2 Å². The first-order chi connectivity index (χ1) is 14.2. The van der Waals surface area contributed by atoms with Crippen LogP contribution in [0.5, 0.6) is 0 Å². The van der Waals surface area contributed by atoms with Crippen LogP contribution in [-0.2, 0) is 6.54 Å². The summed E-state index contributed by atoms with van der Waals surface area (Å²) in [5.74, 6) is 1.72. The summed E-state index contributed by atoms with van der Waals surface area (Å²) >= 11 is 6.49. The normalized spacial score (nSPS) is 14.6. The average molecular weight is 407 g/mol. The maximum absolute atomic E-state index is 6.49. The third-order valence-corrected chi connectivity index (χ3v) is 5.74. The van der Waals surface area contributed by atoms with Crippen molar-refractivity contribution in [2.24, 2.45) is 0 Å². The van der Waals surface area contributed by atoms with E-state index in [9.17, 15) is 0 Å². The van der Waals surface area contributed by atoms with Crippen molar-refractivity contribution in [1.82, 2.24) is 9.97 Å². The molecule has 29 heavy (non-hydrogen) atoms. The van der Waals surface area contributed by atoms with E-state index >= 15 is 0 Å². The second kappa shape index (κ2) is 9.27. The highest BCUT2D eigenvalue weighted by atomic mass is 35.5. The van der Waals surface area contributed by atoms with Crippen molar-refractivity contribution in [2.45, 2.75) is 51.6 Å². The number of nitrogens with one attached hydrogen (secondary N) is 2. The van der Waals surface area contributed by atoms with Gasteiger partial charge in [-0.25, -0.2) is 9.97 Å². The first kappa shape index (κ1) is 19.7. The fourth-order valence-electron chi connectivity index (χ4n) is 3.90. The van der Waals surface area contributed by atoms with Crippen LogP contribution < -0.4 is 10.6 Å². The third-order valence-electron chi connectivity index (χ3n) is 5.44. The Hall–Kier alpha value is -2.59. The number of nitrogens with zero attached hydrogens (tertiary/aromatic N) is 2. The molecule has 2 aromatic heterocycles. The number of aryl methyl sites for hydroxylation is 1. The second-order valence-corrected chi connectivity index (χ2v) is 8.21. The monoisotopic (exact) mass is 406 g/mol. The van der Waals surface area contributed by atoms with E-state index < -0.39 is 0 Å². The van der Waals surface area contributed by atoms with Gasteiger partial charge in [0, 0.05) is 30.5 Å². The second-order valence-electron chi connectivity index (χ2n) is 7.80. The summed E-state index contributed by atoms with van der Waals surface area (Å²) in [6.45, 7) is 2.84. The molecule has 1 aliphatic rings. The van der Waals surface area contributed by atoms with E-state index in [1.54, 1.807) is 6.20 Å². The van der Waals surface area contributed by atoms with Crippen LogP contribution in [0.3, 0.4) is 0 Å². The number of anilines is 2. The van der Waals surface area contributed by atoms with Gasteiger partial charge in [0.2, 0.25) is 0 Å². The Labute approximate surface area is 177 Å². The number of benzene rings is 1. The lowest BCUT2D eigenvalue weighted by Gasteiger charge is -2.23. The molecule has 0 aliphatic heterocycles. The molecule has 1 aliphatic carbocycles. The maximum Gasteiger partial charge on any atom is 0.126 e. The molecule has 1 fully saturated rings. The zero-order valence-electron chi connectivity index (χ0n) is 16.8. The van der Waals surface area contributed by atoms with Crippen LogP contribution in [0.1, 0.15) is 43.2 Å².